The molecule has 0 aliphatic heterocycles. The fourth-order valence-corrected chi connectivity index (χ4v) is 3.46. The number of rotatable bonds is 9. The molecule has 0 aliphatic carbocycles. The first-order chi connectivity index (χ1) is 17.3. The molecule has 3 aromatic rings. The summed E-state index contributed by atoms with van der Waals surface area (Å²) in [6.45, 7) is 1.82. The summed E-state index contributed by atoms with van der Waals surface area (Å²) in [5.41, 5.74) is 3.41. The van der Waals surface area contributed by atoms with Gasteiger partial charge in [0.05, 0.1) is 30.0 Å². The Kier molecular flexibility index (Phi) is 9.69. The predicted octanol–water partition coefficient (Wildman–Crippen LogP) is 5.14. The van der Waals surface area contributed by atoms with Gasteiger partial charge in [0.25, 0.3) is 11.8 Å². The van der Waals surface area contributed by atoms with Crippen molar-refractivity contribution in [2.75, 3.05) is 13.2 Å². The standard InChI is InChI=1S/C25H20Cl3N3O5/c1-2-35-22-11-15(3-10-21(22)36-25(34)19-9-8-18(27)12-20(19)28)13-30-31-23(32)14-29-24(33)16-4-6-17(26)7-5-16/h3-13H,2,14H2,1H3,(H,29,33)(H,31,32)/b30-13+. The number of nitrogens with zero attached hydrogens (tertiary/aromatic N) is 1. The summed E-state index contributed by atoms with van der Waals surface area (Å²) in [6.07, 6.45) is 1.38. The highest BCUT2D eigenvalue weighted by Gasteiger charge is 2.16. The van der Waals surface area contributed by atoms with Crippen molar-refractivity contribution in [3.63, 3.8) is 0 Å². The molecule has 0 bridgehead atoms. The van der Waals surface area contributed by atoms with Crippen LogP contribution in [-0.2, 0) is 4.79 Å². The van der Waals surface area contributed by atoms with E-state index in [2.05, 4.69) is 15.8 Å². The lowest BCUT2D eigenvalue weighted by Gasteiger charge is -2.12. The molecule has 0 aromatic heterocycles. The lowest BCUT2D eigenvalue weighted by atomic mass is 10.2. The Morgan fingerprint density at radius 2 is 1.64 bits per heavy atom. The minimum Gasteiger partial charge on any atom is -0.490 e. The third kappa shape index (κ3) is 7.71. The number of esters is 1. The molecule has 0 atom stereocenters. The molecule has 0 fully saturated rings. The molecule has 8 nitrogen and oxygen atoms in total. The molecule has 0 saturated carbocycles. The van der Waals surface area contributed by atoms with E-state index in [4.69, 9.17) is 44.3 Å². The zero-order chi connectivity index (χ0) is 26.1. The molecule has 2 amide bonds. The van der Waals surface area contributed by atoms with E-state index in [9.17, 15) is 14.4 Å². The van der Waals surface area contributed by atoms with Gasteiger partial charge in [-0.25, -0.2) is 10.2 Å². The van der Waals surface area contributed by atoms with Crippen molar-refractivity contribution >= 4 is 58.8 Å². The monoisotopic (exact) mass is 547 g/mol. The van der Waals surface area contributed by atoms with E-state index in [0.29, 0.717) is 33.5 Å². The highest BCUT2D eigenvalue weighted by Crippen LogP contribution is 2.30. The van der Waals surface area contributed by atoms with E-state index < -0.39 is 17.8 Å². The van der Waals surface area contributed by atoms with Gasteiger partial charge in [-0.15, -0.1) is 0 Å². The number of hydrazone groups is 1. The maximum atomic E-state index is 12.5. The summed E-state index contributed by atoms with van der Waals surface area (Å²) < 4.78 is 11.0. The maximum absolute atomic E-state index is 12.5. The summed E-state index contributed by atoms with van der Waals surface area (Å²) in [5.74, 6) is -1.14. The SMILES string of the molecule is CCOc1cc(/C=N/NC(=O)CNC(=O)c2ccc(Cl)cc2)ccc1OC(=O)c1ccc(Cl)cc1Cl. The Balaban J connectivity index is 1.59. The fourth-order valence-electron chi connectivity index (χ4n) is 2.85. The summed E-state index contributed by atoms with van der Waals surface area (Å²) in [4.78, 5) is 36.6. The average molecular weight is 549 g/mol. The lowest BCUT2D eigenvalue weighted by Crippen LogP contribution is -2.34. The molecule has 2 N–H and O–H groups in total. The Hall–Kier alpha value is -3.59. The van der Waals surface area contributed by atoms with Crippen LogP contribution in [-0.4, -0.2) is 37.1 Å². The minimum atomic E-state index is -0.674. The predicted molar refractivity (Wildman–Crippen MR) is 139 cm³/mol. The number of ether oxygens (including phenoxy) is 2. The molecule has 36 heavy (non-hydrogen) atoms. The number of hydrogen-bond acceptors (Lipinski definition) is 6. The van der Waals surface area contributed by atoms with Crippen LogP contribution in [0, 0.1) is 0 Å². The van der Waals surface area contributed by atoms with Gasteiger partial charge >= 0.3 is 5.97 Å². The van der Waals surface area contributed by atoms with Crippen LogP contribution in [0.25, 0.3) is 0 Å². The first-order valence-corrected chi connectivity index (χ1v) is 11.7. The van der Waals surface area contributed by atoms with Crippen molar-refractivity contribution in [1.29, 1.82) is 0 Å². The highest BCUT2D eigenvalue weighted by molar-refractivity contribution is 6.36. The number of hydrogen-bond donors (Lipinski definition) is 2. The van der Waals surface area contributed by atoms with Crippen LogP contribution in [0.2, 0.25) is 15.1 Å². The summed E-state index contributed by atoms with van der Waals surface area (Å²) >= 11 is 17.7. The van der Waals surface area contributed by atoms with Crippen LogP contribution < -0.4 is 20.2 Å². The van der Waals surface area contributed by atoms with Gasteiger partial charge < -0.3 is 14.8 Å². The summed E-state index contributed by atoms with van der Waals surface area (Å²) in [5, 5.41) is 7.42. The molecule has 0 unspecified atom stereocenters. The first-order valence-electron chi connectivity index (χ1n) is 10.6. The van der Waals surface area contributed by atoms with E-state index in [1.54, 1.807) is 43.3 Å². The number of benzene rings is 3. The van der Waals surface area contributed by atoms with E-state index in [0.717, 1.165) is 0 Å². The van der Waals surface area contributed by atoms with E-state index in [1.807, 2.05) is 0 Å². The Morgan fingerprint density at radius 3 is 2.33 bits per heavy atom. The van der Waals surface area contributed by atoms with Crippen LogP contribution in [0.3, 0.4) is 0 Å². The molecule has 3 aromatic carbocycles. The molecule has 0 heterocycles. The smallest absolute Gasteiger partial charge is 0.345 e. The zero-order valence-corrected chi connectivity index (χ0v) is 21.2. The second-order valence-electron chi connectivity index (χ2n) is 7.14. The van der Waals surface area contributed by atoms with Gasteiger partial charge in [0.2, 0.25) is 0 Å². The number of carbonyl (C=O) groups excluding carboxylic acids is 3. The van der Waals surface area contributed by atoms with E-state index in [1.165, 1.54) is 30.5 Å². The van der Waals surface area contributed by atoms with Crippen molar-refractivity contribution in [1.82, 2.24) is 10.7 Å². The van der Waals surface area contributed by atoms with Gasteiger partial charge in [0, 0.05) is 15.6 Å². The van der Waals surface area contributed by atoms with Gasteiger partial charge in [-0.1, -0.05) is 34.8 Å². The first kappa shape index (κ1) is 27.0. The Labute approximate surface area is 222 Å². The molecule has 0 saturated heterocycles. The quantitative estimate of drug-likeness (QED) is 0.167. The Morgan fingerprint density at radius 1 is 0.917 bits per heavy atom. The van der Waals surface area contributed by atoms with Gasteiger partial charge in [-0.2, -0.15) is 5.10 Å². The normalized spacial score (nSPS) is 10.7. The summed E-state index contributed by atoms with van der Waals surface area (Å²) in [6, 6.07) is 15.4. The van der Waals surface area contributed by atoms with Crippen molar-refractivity contribution in [2.24, 2.45) is 5.10 Å². The number of halogens is 3. The lowest BCUT2D eigenvalue weighted by molar-refractivity contribution is -0.120. The third-order valence-electron chi connectivity index (χ3n) is 4.54. The number of nitrogens with one attached hydrogen (secondary N) is 2. The van der Waals surface area contributed by atoms with Crippen molar-refractivity contribution in [2.45, 2.75) is 6.92 Å². The van der Waals surface area contributed by atoms with Gasteiger partial charge in [0.1, 0.15) is 0 Å². The second kappa shape index (κ2) is 12.9. The molecular formula is C25H20Cl3N3O5. The van der Waals surface area contributed by atoms with Crippen LogP contribution in [0.15, 0.2) is 65.8 Å². The minimum absolute atomic E-state index is 0.153. The molecule has 186 valence electrons. The molecule has 3 rings (SSSR count). The van der Waals surface area contributed by atoms with Gasteiger partial charge in [-0.3, -0.25) is 9.59 Å². The molecule has 11 heteroatoms. The highest BCUT2D eigenvalue weighted by atomic mass is 35.5. The van der Waals surface area contributed by atoms with Crippen molar-refractivity contribution in [3.8, 4) is 11.5 Å². The summed E-state index contributed by atoms with van der Waals surface area (Å²) in [7, 11) is 0. The largest absolute Gasteiger partial charge is 0.490 e. The molecule has 0 aliphatic rings. The average Bonchev–Trinajstić information content (AvgIpc) is 2.84. The Bertz CT molecular complexity index is 1300. The van der Waals surface area contributed by atoms with Crippen LogP contribution in [0.1, 0.15) is 33.2 Å². The number of carbonyl (C=O) groups is 3. The molecule has 0 radical (unpaired) electrons. The second-order valence-corrected chi connectivity index (χ2v) is 8.42. The van der Waals surface area contributed by atoms with Crippen LogP contribution in [0.5, 0.6) is 11.5 Å². The van der Waals surface area contributed by atoms with Gasteiger partial charge in [0.15, 0.2) is 11.5 Å². The van der Waals surface area contributed by atoms with Gasteiger partial charge in [-0.05, 0) is 73.2 Å². The van der Waals surface area contributed by atoms with Crippen LogP contribution in [0.4, 0.5) is 0 Å². The maximum Gasteiger partial charge on any atom is 0.345 e. The molecular weight excluding hydrogens is 529 g/mol. The van der Waals surface area contributed by atoms with Crippen molar-refractivity contribution in [3.05, 3.63) is 92.4 Å². The van der Waals surface area contributed by atoms with E-state index in [-0.39, 0.29) is 22.9 Å². The molecule has 0 spiro atoms. The topological polar surface area (TPSA) is 106 Å². The fraction of sp³-hybridized carbons (Fsp3) is 0.120. The third-order valence-corrected chi connectivity index (χ3v) is 5.34. The zero-order valence-electron chi connectivity index (χ0n) is 18.9. The van der Waals surface area contributed by atoms with Crippen LogP contribution >= 0.6 is 34.8 Å². The number of amides is 2. The van der Waals surface area contributed by atoms with Crippen molar-refractivity contribution < 1.29 is 23.9 Å². The van der Waals surface area contributed by atoms with E-state index >= 15 is 0 Å².